The molecule has 0 aromatic heterocycles. The Labute approximate surface area is 127 Å². The van der Waals surface area contributed by atoms with Gasteiger partial charge < -0.3 is 0 Å². The second-order valence-corrected chi connectivity index (χ2v) is 116. The molecule has 100 valence electrons. The fourth-order valence-corrected chi connectivity index (χ4v) is 582. The molecule has 2 aliphatic rings. The predicted octanol–water partition coefficient (Wildman–Crippen LogP) is 5.36. The zero-order chi connectivity index (χ0) is 13.3. The van der Waals surface area contributed by atoms with Gasteiger partial charge in [-0.05, 0) is 0 Å². The molecular formula is C8H24S4Si3Sn2. The van der Waals surface area contributed by atoms with E-state index in [0.29, 0.717) is 0 Å². The van der Waals surface area contributed by atoms with Crippen molar-refractivity contribution in [1.29, 1.82) is 0 Å². The second-order valence-electron chi connectivity index (χ2n) is 6.85. The van der Waals surface area contributed by atoms with Gasteiger partial charge in [0.05, 0.1) is 0 Å². The van der Waals surface area contributed by atoms with Crippen LogP contribution in [0.5, 0.6) is 0 Å². The average Bonchev–Trinajstić information content (AvgIpc) is 2.22. The normalized spacial score (nSPS) is 35.3. The summed E-state index contributed by atoms with van der Waals surface area (Å²) in [6.45, 7) is 9.15. The van der Waals surface area contributed by atoms with Gasteiger partial charge in [0.15, 0.2) is 0 Å². The van der Waals surface area contributed by atoms with Crippen molar-refractivity contribution in [2.24, 2.45) is 0 Å². The minimum absolute atomic E-state index is 0.949. The van der Waals surface area contributed by atoms with Crippen molar-refractivity contribution >= 4 is 83.7 Å². The Morgan fingerprint density at radius 2 is 0.882 bits per heavy atom. The summed E-state index contributed by atoms with van der Waals surface area (Å²) in [5, 5.41) is -0.972. The molecule has 2 fully saturated rings. The maximum atomic E-state index is 2.76. The number of rotatable bonds is 0. The molecule has 0 aromatic carbocycles. The average molecular weight is 570 g/mol. The summed E-state index contributed by atoms with van der Waals surface area (Å²) in [7, 11) is 10.7. The van der Waals surface area contributed by atoms with E-state index in [1.807, 2.05) is 0 Å². The van der Waals surface area contributed by atoms with Crippen molar-refractivity contribution < 1.29 is 0 Å². The van der Waals surface area contributed by atoms with Gasteiger partial charge in [-0.15, -0.1) is 0 Å². The van der Waals surface area contributed by atoms with Crippen LogP contribution in [0.1, 0.15) is 0 Å². The second kappa shape index (κ2) is 4.82. The zero-order valence-electron chi connectivity index (χ0n) is 12.1. The van der Waals surface area contributed by atoms with E-state index < -0.39 is 50.1 Å². The summed E-state index contributed by atoms with van der Waals surface area (Å²) < 4.78 is 0. The van der Waals surface area contributed by atoms with Crippen LogP contribution < -0.4 is 0 Å². The molecule has 0 atom stereocenters. The van der Waals surface area contributed by atoms with Crippen molar-refractivity contribution in [3.63, 3.8) is 0 Å². The Hall–Kier alpha value is 3.65. The van der Waals surface area contributed by atoms with Gasteiger partial charge in [0.1, 0.15) is 0 Å². The maximum absolute atomic E-state index is 2.76. The first-order chi connectivity index (χ1) is 7.33. The van der Waals surface area contributed by atoms with Crippen LogP contribution >= 0.6 is 33.6 Å². The van der Waals surface area contributed by atoms with Crippen molar-refractivity contribution in [1.82, 2.24) is 0 Å². The van der Waals surface area contributed by atoms with Crippen molar-refractivity contribution in [2.75, 3.05) is 0 Å². The molecule has 2 heterocycles. The molecule has 0 saturated carbocycles. The van der Waals surface area contributed by atoms with Gasteiger partial charge in [-0.1, -0.05) is 0 Å². The summed E-state index contributed by atoms with van der Waals surface area (Å²) in [4.78, 5) is 10.8. The van der Waals surface area contributed by atoms with Crippen molar-refractivity contribution in [3.05, 3.63) is 0 Å². The molecule has 0 N–H and O–H groups in total. The van der Waals surface area contributed by atoms with Gasteiger partial charge in [0, 0.05) is 0 Å². The first-order valence-electron chi connectivity index (χ1n) is 6.13. The predicted molar refractivity (Wildman–Crippen MR) is 106 cm³/mol. The molecule has 0 radical (unpaired) electrons. The van der Waals surface area contributed by atoms with Crippen LogP contribution in [0.4, 0.5) is 0 Å². The standard InChI is InChI=1S/C4H12S4Si3.4CH3.2Sn/c1-9(2,5)11(7,8)10(3,4)6;;;;;;/h1-4H3;4*1H3;;/q-4;;;;;2*+2. The molecular weight excluding hydrogens is 546 g/mol. The van der Waals surface area contributed by atoms with Crippen LogP contribution in [-0.2, 0) is 0 Å². The third kappa shape index (κ3) is 2.94. The summed E-state index contributed by atoms with van der Waals surface area (Å²) in [6.07, 6.45) is 0. The monoisotopic (exact) mass is 572 g/mol. The van der Waals surface area contributed by atoms with Crippen LogP contribution in [0.2, 0.25) is 45.9 Å². The molecule has 0 aromatic rings. The van der Waals surface area contributed by atoms with Crippen molar-refractivity contribution in [3.8, 4) is 0 Å². The molecule has 0 aliphatic carbocycles. The summed E-state index contributed by atoms with van der Waals surface area (Å²) in [6, 6.07) is 0. The molecule has 17 heavy (non-hydrogen) atoms. The quantitative estimate of drug-likeness (QED) is 0.360. The van der Waals surface area contributed by atoms with Gasteiger partial charge in [-0.3, -0.25) is 0 Å². The van der Waals surface area contributed by atoms with E-state index >= 15 is 0 Å². The van der Waals surface area contributed by atoms with Crippen LogP contribution in [-0.4, -0.2) is 50.1 Å². The van der Waals surface area contributed by atoms with Crippen LogP contribution in [0.3, 0.4) is 0 Å². The minimum atomic E-state index is -1.74. The fraction of sp³-hybridized carbons (Fsp3) is 1.00. The Morgan fingerprint density at radius 1 is 0.588 bits per heavy atom. The first kappa shape index (κ1) is 17.0. The van der Waals surface area contributed by atoms with E-state index in [4.69, 9.17) is 0 Å². The molecule has 0 nitrogen and oxygen atoms in total. The number of hydrogen-bond acceptors (Lipinski definition) is 4. The van der Waals surface area contributed by atoms with E-state index in [2.05, 4.69) is 79.5 Å². The van der Waals surface area contributed by atoms with Gasteiger partial charge >= 0.3 is 130 Å². The van der Waals surface area contributed by atoms with Crippen LogP contribution in [0.15, 0.2) is 0 Å². The van der Waals surface area contributed by atoms with Crippen molar-refractivity contribution in [2.45, 2.75) is 45.9 Å². The van der Waals surface area contributed by atoms with Gasteiger partial charge in [-0.25, -0.2) is 0 Å². The Kier molecular flexibility index (Phi) is 4.82. The van der Waals surface area contributed by atoms with E-state index in [9.17, 15) is 0 Å². The number of hydrogen-bond donors (Lipinski definition) is 0. The van der Waals surface area contributed by atoms with E-state index in [0.717, 1.165) is 0 Å². The fourth-order valence-electron chi connectivity index (χ4n) is 3.33. The molecule has 0 bridgehead atoms. The molecule has 2 aliphatic heterocycles. The SMILES string of the molecule is C[Si]1(C)[S][Sn]([CH3])([CH3])[S][Si]12[S][Sn]([CH3])([CH3])[S][Si]2(C)C. The third-order valence-corrected chi connectivity index (χ3v) is 232. The summed E-state index contributed by atoms with van der Waals surface area (Å²) in [5.74, 6) is 0. The zero-order valence-corrected chi connectivity index (χ0v) is 24.1. The van der Waals surface area contributed by atoms with Gasteiger partial charge in [0.2, 0.25) is 0 Å². The molecule has 1 spiro atoms. The first-order valence-corrected chi connectivity index (χ1v) is 47.7. The Bertz CT molecular complexity index is 325. The molecule has 9 heteroatoms. The Balaban J connectivity index is 2.50. The summed E-state index contributed by atoms with van der Waals surface area (Å²) >= 11 is -3.48. The molecule has 2 saturated heterocycles. The van der Waals surface area contributed by atoms with Crippen LogP contribution in [0, 0.1) is 0 Å². The van der Waals surface area contributed by atoms with E-state index in [-0.39, 0.29) is 0 Å². The molecule has 2 rings (SSSR count). The van der Waals surface area contributed by atoms with E-state index in [1.54, 1.807) is 0 Å². The third-order valence-electron chi connectivity index (χ3n) is 3.37. The van der Waals surface area contributed by atoms with Gasteiger partial charge in [-0.2, -0.15) is 0 Å². The summed E-state index contributed by atoms with van der Waals surface area (Å²) in [5.41, 5.74) is 0. The molecule has 0 amide bonds. The van der Waals surface area contributed by atoms with Crippen LogP contribution in [0.25, 0.3) is 0 Å². The topological polar surface area (TPSA) is 0 Å². The van der Waals surface area contributed by atoms with Gasteiger partial charge in [0.25, 0.3) is 0 Å². The molecule has 0 unspecified atom stereocenters. The van der Waals surface area contributed by atoms with E-state index in [1.165, 1.54) is 0 Å². The Morgan fingerprint density at radius 3 is 1.06 bits per heavy atom.